The van der Waals surface area contributed by atoms with E-state index in [1.165, 1.54) is 0 Å². The maximum Gasteiger partial charge on any atom is 0.410 e. The van der Waals surface area contributed by atoms with Gasteiger partial charge in [0.2, 0.25) is 0 Å². The zero-order valence-corrected chi connectivity index (χ0v) is 18.7. The highest BCUT2D eigenvalue weighted by Gasteiger charge is 2.43. The number of carbonyl (C=O) groups excluding carboxylic acids is 1. The van der Waals surface area contributed by atoms with Crippen molar-refractivity contribution in [3.05, 3.63) is 52.8 Å². The molecule has 1 atom stereocenters. The molecule has 1 aliphatic carbocycles. The molecule has 2 aromatic rings. The number of hydrogen-bond acceptors (Lipinski definition) is 5. The van der Waals surface area contributed by atoms with Crippen molar-refractivity contribution in [1.29, 1.82) is 0 Å². The topological polar surface area (TPSA) is 60.9 Å². The van der Waals surface area contributed by atoms with Crippen LogP contribution in [-0.4, -0.2) is 34.7 Å². The second-order valence-corrected chi connectivity index (χ2v) is 9.56. The molecule has 0 N–H and O–H groups in total. The molecule has 31 heavy (non-hydrogen) atoms. The van der Waals surface area contributed by atoms with E-state index in [2.05, 4.69) is 11.1 Å². The molecule has 3 heterocycles. The molecule has 1 saturated heterocycles. The number of hydrogen-bond donors (Lipinski definition) is 0. The largest absolute Gasteiger partial charge is 0.443 e. The van der Waals surface area contributed by atoms with E-state index in [1.54, 1.807) is 12.3 Å². The molecule has 0 radical (unpaired) electrons. The van der Waals surface area contributed by atoms with E-state index in [0.717, 1.165) is 49.2 Å². The van der Waals surface area contributed by atoms with Crippen molar-refractivity contribution >= 4 is 17.7 Å². The summed E-state index contributed by atoms with van der Waals surface area (Å²) in [6.07, 6.45) is 6.20. The number of aromatic nitrogens is 1. The van der Waals surface area contributed by atoms with Gasteiger partial charge in [-0.25, -0.2) is 4.79 Å². The van der Waals surface area contributed by atoms with E-state index in [4.69, 9.17) is 25.8 Å². The average molecular weight is 443 g/mol. The third-order valence-electron chi connectivity index (χ3n) is 6.74. The molecular formula is C24H27ClN2O4. The summed E-state index contributed by atoms with van der Waals surface area (Å²) >= 11 is 5.98. The van der Waals surface area contributed by atoms with Crippen LogP contribution in [0.1, 0.15) is 63.1 Å². The molecule has 2 fully saturated rings. The fraction of sp³-hybridized carbons (Fsp3) is 0.500. The zero-order valence-electron chi connectivity index (χ0n) is 17.9. The smallest absolute Gasteiger partial charge is 0.410 e. The van der Waals surface area contributed by atoms with Crippen molar-refractivity contribution in [2.45, 2.75) is 63.3 Å². The monoisotopic (exact) mass is 442 g/mol. The Hall–Kier alpha value is -2.47. The average Bonchev–Trinajstić information content (AvgIpc) is 3.10. The van der Waals surface area contributed by atoms with Gasteiger partial charge < -0.3 is 19.1 Å². The van der Waals surface area contributed by atoms with Crippen LogP contribution in [0.4, 0.5) is 4.79 Å². The number of likely N-dealkylation sites (tertiary alicyclic amines) is 1. The van der Waals surface area contributed by atoms with Gasteiger partial charge in [-0.2, -0.15) is 0 Å². The lowest BCUT2D eigenvalue weighted by Gasteiger charge is -2.40. The van der Waals surface area contributed by atoms with Crippen LogP contribution in [0.2, 0.25) is 5.02 Å². The van der Waals surface area contributed by atoms with Crippen LogP contribution in [0.3, 0.4) is 0 Å². The Morgan fingerprint density at radius 1 is 1.16 bits per heavy atom. The number of pyridine rings is 1. The molecule has 1 aromatic carbocycles. The lowest BCUT2D eigenvalue weighted by atomic mass is 9.82. The van der Waals surface area contributed by atoms with Gasteiger partial charge in [-0.05, 0) is 63.1 Å². The first-order valence-corrected chi connectivity index (χ1v) is 11.3. The van der Waals surface area contributed by atoms with Gasteiger partial charge in [0.1, 0.15) is 11.3 Å². The predicted octanol–water partition coefficient (Wildman–Crippen LogP) is 5.64. The first-order chi connectivity index (χ1) is 14.9. The molecule has 1 amide bonds. The molecular weight excluding hydrogens is 416 g/mol. The Morgan fingerprint density at radius 2 is 1.94 bits per heavy atom. The highest BCUT2D eigenvalue weighted by Crippen LogP contribution is 2.49. The molecule has 5 rings (SSSR count). The summed E-state index contributed by atoms with van der Waals surface area (Å²) in [5.74, 6) is 0.787. The standard InChI is InChI=1S/C24H27ClN2O4/c1-23(11-4-12-23)31-22(28)27-13-9-16(10-14-27)18-5-3-6-19-21(18)30-24(2,29-19)20-8-7-17(25)15-26-20/h3,5-8,15-16H,4,9-14H2,1-2H3. The number of piperidine rings is 1. The minimum Gasteiger partial charge on any atom is -0.443 e. The summed E-state index contributed by atoms with van der Waals surface area (Å²) in [7, 11) is 0. The summed E-state index contributed by atoms with van der Waals surface area (Å²) in [6, 6.07) is 9.62. The second kappa shape index (κ2) is 7.59. The van der Waals surface area contributed by atoms with Crippen LogP contribution in [0.5, 0.6) is 11.5 Å². The molecule has 0 spiro atoms. The molecule has 2 aliphatic heterocycles. The van der Waals surface area contributed by atoms with Crippen molar-refractivity contribution in [1.82, 2.24) is 9.88 Å². The van der Waals surface area contributed by atoms with Gasteiger partial charge in [0.25, 0.3) is 5.79 Å². The van der Waals surface area contributed by atoms with Crippen LogP contribution >= 0.6 is 11.6 Å². The van der Waals surface area contributed by atoms with Crippen LogP contribution in [0.25, 0.3) is 0 Å². The van der Waals surface area contributed by atoms with Crippen molar-refractivity contribution in [2.24, 2.45) is 0 Å². The molecule has 3 aliphatic rings. The number of carbonyl (C=O) groups is 1. The van der Waals surface area contributed by atoms with Crippen LogP contribution in [-0.2, 0) is 10.5 Å². The highest BCUT2D eigenvalue weighted by atomic mass is 35.5. The van der Waals surface area contributed by atoms with E-state index in [0.29, 0.717) is 29.7 Å². The quantitative estimate of drug-likeness (QED) is 0.615. The van der Waals surface area contributed by atoms with Crippen molar-refractivity contribution in [3.63, 3.8) is 0 Å². The number of fused-ring (bicyclic) bond motifs is 1. The number of rotatable bonds is 3. The highest BCUT2D eigenvalue weighted by molar-refractivity contribution is 6.30. The zero-order chi connectivity index (χ0) is 21.6. The summed E-state index contributed by atoms with van der Waals surface area (Å²) < 4.78 is 18.2. The van der Waals surface area contributed by atoms with E-state index < -0.39 is 5.79 Å². The normalized spacial score (nSPS) is 24.5. The molecule has 1 saturated carbocycles. The summed E-state index contributed by atoms with van der Waals surface area (Å²) in [5.41, 5.74) is 1.52. The SMILES string of the molecule is CC1(OC(=O)N2CCC(c3cccc4c3OC(C)(c3ccc(Cl)cn3)O4)CC2)CCC1. The fourth-order valence-corrected chi connectivity index (χ4v) is 4.76. The summed E-state index contributed by atoms with van der Waals surface area (Å²) in [5, 5.41) is 0.570. The molecule has 1 aromatic heterocycles. The molecule has 7 heteroatoms. The summed E-state index contributed by atoms with van der Waals surface area (Å²) in [6.45, 7) is 5.26. The van der Waals surface area contributed by atoms with Gasteiger partial charge in [0.15, 0.2) is 11.5 Å². The van der Waals surface area contributed by atoms with E-state index in [9.17, 15) is 4.79 Å². The number of benzene rings is 1. The minimum atomic E-state index is -0.994. The lowest BCUT2D eigenvalue weighted by Crippen LogP contribution is -2.45. The third kappa shape index (κ3) is 3.82. The maximum absolute atomic E-state index is 12.5. The first-order valence-electron chi connectivity index (χ1n) is 11.0. The van der Waals surface area contributed by atoms with E-state index in [-0.39, 0.29) is 11.7 Å². The summed E-state index contributed by atoms with van der Waals surface area (Å²) in [4.78, 5) is 18.8. The number of nitrogens with zero attached hydrogens (tertiary/aromatic N) is 2. The van der Waals surface area contributed by atoms with Gasteiger partial charge in [0, 0.05) is 31.8 Å². The van der Waals surface area contributed by atoms with Crippen molar-refractivity contribution in [2.75, 3.05) is 13.1 Å². The molecule has 164 valence electrons. The Bertz CT molecular complexity index is 984. The van der Waals surface area contributed by atoms with Gasteiger partial charge >= 0.3 is 6.09 Å². The number of ether oxygens (including phenoxy) is 3. The fourth-order valence-electron chi connectivity index (χ4n) is 4.64. The Kier molecular flexibility index (Phi) is 5.00. The van der Waals surface area contributed by atoms with Gasteiger partial charge in [-0.3, -0.25) is 4.98 Å². The van der Waals surface area contributed by atoms with E-state index >= 15 is 0 Å². The van der Waals surface area contributed by atoms with Gasteiger partial charge in [0.05, 0.1) is 5.02 Å². The van der Waals surface area contributed by atoms with Crippen LogP contribution < -0.4 is 9.47 Å². The van der Waals surface area contributed by atoms with E-state index in [1.807, 2.05) is 36.9 Å². The van der Waals surface area contributed by atoms with Crippen molar-refractivity contribution in [3.8, 4) is 11.5 Å². The Balaban J connectivity index is 1.28. The maximum atomic E-state index is 12.5. The van der Waals surface area contributed by atoms with Crippen LogP contribution in [0, 0.1) is 0 Å². The van der Waals surface area contributed by atoms with Gasteiger partial charge in [-0.15, -0.1) is 0 Å². The van der Waals surface area contributed by atoms with Crippen molar-refractivity contribution < 1.29 is 19.0 Å². The van der Waals surface area contributed by atoms with Gasteiger partial charge in [-0.1, -0.05) is 23.7 Å². The Labute approximate surface area is 187 Å². The van der Waals surface area contributed by atoms with Crippen LogP contribution in [0.15, 0.2) is 36.5 Å². The second-order valence-electron chi connectivity index (χ2n) is 9.12. The molecule has 0 bridgehead atoms. The number of halogens is 1. The number of amides is 1. The molecule has 6 nitrogen and oxygen atoms in total. The third-order valence-corrected chi connectivity index (χ3v) is 6.97. The predicted molar refractivity (Wildman–Crippen MR) is 117 cm³/mol. The number of para-hydroxylation sites is 1. The molecule has 1 unspecified atom stereocenters. The lowest BCUT2D eigenvalue weighted by molar-refractivity contribution is -0.0722. The minimum absolute atomic E-state index is 0.181. The Morgan fingerprint density at radius 3 is 2.58 bits per heavy atom. The first kappa shape index (κ1) is 20.4.